The largest absolute Gasteiger partial charge is 0.491 e. The summed E-state index contributed by atoms with van der Waals surface area (Å²) in [5.74, 6) is 1.69. The zero-order valence-electron chi connectivity index (χ0n) is 17.1. The Morgan fingerprint density at radius 2 is 1.89 bits per heavy atom. The standard InChI is InChI=1S/C22H29N5O/c1-5-23-22(25-15-20-16(2)26-27(4)17(20)3)24-13-14-28-21-12-8-10-18-9-6-7-11-19(18)21/h6-12H,5,13-15H2,1-4H3,(H2,23,24,25). The number of nitrogens with one attached hydrogen (secondary N) is 2. The first-order chi connectivity index (χ1) is 13.6. The minimum absolute atomic E-state index is 0.559. The predicted molar refractivity (Wildman–Crippen MR) is 115 cm³/mol. The number of aromatic nitrogens is 2. The van der Waals surface area contributed by atoms with Gasteiger partial charge in [-0.1, -0.05) is 36.4 Å². The topological polar surface area (TPSA) is 63.5 Å². The number of nitrogens with zero attached hydrogens (tertiary/aromatic N) is 3. The monoisotopic (exact) mass is 379 g/mol. The van der Waals surface area contributed by atoms with Crippen LogP contribution in [0.4, 0.5) is 0 Å². The minimum atomic E-state index is 0.559. The highest BCUT2D eigenvalue weighted by Crippen LogP contribution is 2.24. The molecule has 0 saturated heterocycles. The molecule has 1 heterocycles. The molecule has 0 unspecified atom stereocenters. The maximum atomic E-state index is 5.99. The highest BCUT2D eigenvalue weighted by Gasteiger charge is 2.09. The Balaban J connectivity index is 1.57. The molecule has 6 nitrogen and oxygen atoms in total. The van der Waals surface area contributed by atoms with Crippen LogP contribution in [0.3, 0.4) is 0 Å². The second-order valence-electron chi connectivity index (χ2n) is 6.72. The zero-order valence-corrected chi connectivity index (χ0v) is 17.1. The van der Waals surface area contributed by atoms with Crippen LogP contribution in [-0.4, -0.2) is 35.4 Å². The van der Waals surface area contributed by atoms with E-state index < -0.39 is 0 Å². The molecule has 0 amide bonds. The van der Waals surface area contributed by atoms with Gasteiger partial charge in [-0.2, -0.15) is 5.10 Å². The second kappa shape index (κ2) is 9.26. The molecule has 28 heavy (non-hydrogen) atoms. The molecule has 0 bridgehead atoms. The molecule has 148 valence electrons. The van der Waals surface area contributed by atoms with E-state index in [1.807, 2.05) is 42.9 Å². The molecule has 2 aromatic carbocycles. The van der Waals surface area contributed by atoms with Crippen molar-refractivity contribution in [3.8, 4) is 5.75 Å². The van der Waals surface area contributed by atoms with E-state index in [1.54, 1.807) is 0 Å². The fourth-order valence-electron chi connectivity index (χ4n) is 3.20. The Labute approximate surface area is 166 Å². The van der Waals surface area contributed by atoms with E-state index in [2.05, 4.69) is 47.8 Å². The fraction of sp³-hybridized carbons (Fsp3) is 0.364. The molecular formula is C22H29N5O. The first-order valence-corrected chi connectivity index (χ1v) is 9.72. The summed E-state index contributed by atoms with van der Waals surface area (Å²) >= 11 is 0. The molecule has 3 aromatic rings. The molecule has 0 fully saturated rings. The van der Waals surface area contributed by atoms with Crippen molar-refractivity contribution in [1.82, 2.24) is 20.4 Å². The smallest absolute Gasteiger partial charge is 0.191 e. The Morgan fingerprint density at radius 3 is 2.64 bits per heavy atom. The van der Waals surface area contributed by atoms with Gasteiger partial charge in [0.25, 0.3) is 0 Å². The lowest BCUT2D eigenvalue weighted by atomic mass is 10.1. The first kappa shape index (κ1) is 19.7. The summed E-state index contributed by atoms with van der Waals surface area (Å²) in [6, 6.07) is 14.4. The maximum absolute atomic E-state index is 5.99. The Bertz CT molecular complexity index is 955. The van der Waals surface area contributed by atoms with Gasteiger partial charge in [0.15, 0.2) is 5.96 Å². The van der Waals surface area contributed by atoms with Crippen molar-refractivity contribution in [2.24, 2.45) is 12.0 Å². The summed E-state index contributed by atoms with van der Waals surface area (Å²) in [6.45, 7) is 8.79. The summed E-state index contributed by atoms with van der Waals surface area (Å²) in [7, 11) is 1.96. The average molecular weight is 380 g/mol. The Hall–Kier alpha value is -3.02. The number of rotatable bonds is 7. The lowest BCUT2D eigenvalue weighted by Gasteiger charge is -2.13. The third kappa shape index (κ3) is 4.63. The fourth-order valence-corrected chi connectivity index (χ4v) is 3.20. The molecule has 0 radical (unpaired) electrons. The van der Waals surface area contributed by atoms with Gasteiger partial charge in [-0.25, -0.2) is 4.99 Å². The molecule has 3 rings (SSSR count). The molecule has 0 saturated carbocycles. The van der Waals surface area contributed by atoms with Gasteiger partial charge in [0.1, 0.15) is 12.4 Å². The summed E-state index contributed by atoms with van der Waals surface area (Å²) < 4.78 is 7.89. The summed E-state index contributed by atoms with van der Waals surface area (Å²) in [5.41, 5.74) is 3.35. The number of ether oxygens (including phenoxy) is 1. The number of benzene rings is 2. The number of aliphatic imine (C=N–C) groups is 1. The van der Waals surface area contributed by atoms with E-state index in [0.29, 0.717) is 19.7 Å². The van der Waals surface area contributed by atoms with Crippen molar-refractivity contribution in [1.29, 1.82) is 0 Å². The third-order valence-corrected chi connectivity index (χ3v) is 4.80. The SMILES string of the molecule is CCNC(=NCc1c(C)nn(C)c1C)NCCOc1cccc2ccccc12. The predicted octanol–water partition coefficient (Wildman–Crippen LogP) is 3.32. The van der Waals surface area contributed by atoms with Gasteiger partial charge >= 0.3 is 0 Å². The van der Waals surface area contributed by atoms with Crippen molar-refractivity contribution in [2.45, 2.75) is 27.3 Å². The molecule has 6 heteroatoms. The van der Waals surface area contributed by atoms with E-state index in [-0.39, 0.29) is 0 Å². The molecule has 0 atom stereocenters. The van der Waals surface area contributed by atoms with Crippen LogP contribution in [-0.2, 0) is 13.6 Å². The van der Waals surface area contributed by atoms with Gasteiger partial charge in [0, 0.05) is 30.2 Å². The molecule has 0 spiro atoms. The number of guanidine groups is 1. The van der Waals surface area contributed by atoms with Crippen LogP contribution < -0.4 is 15.4 Å². The lowest BCUT2D eigenvalue weighted by Crippen LogP contribution is -2.39. The third-order valence-electron chi connectivity index (χ3n) is 4.80. The minimum Gasteiger partial charge on any atom is -0.491 e. The van der Waals surface area contributed by atoms with Gasteiger partial charge in [-0.05, 0) is 32.2 Å². The van der Waals surface area contributed by atoms with E-state index in [4.69, 9.17) is 9.73 Å². The number of aryl methyl sites for hydroxylation is 2. The molecule has 0 aliphatic rings. The van der Waals surface area contributed by atoms with Gasteiger partial charge < -0.3 is 15.4 Å². The van der Waals surface area contributed by atoms with Crippen molar-refractivity contribution in [2.75, 3.05) is 19.7 Å². The highest BCUT2D eigenvalue weighted by atomic mass is 16.5. The normalized spacial score (nSPS) is 11.6. The van der Waals surface area contributed by atoms with Gasteiger partial charge in [0.2, 0.25) is 0 Å². The maximum Gasteiger partial charge on any atom is 0.191 e. The quantitative estimate of drug-likeness (QED) is 0.375. The highest BCUT2D eigenvalue weighted by molar-refractivity contribution is 5.88. The van der Waals surface area contributed by atoms with Crippen LogP contribution in [0.1, 0.15) is 23.9 Å². The van der Waals surface area contributed by atoms with Crippen LogP contribution in [0.5, 0.6) is 5.75 Å². The average Bonchev–Trinajstić information content (AvgIpc) is 2.94. The molecule has 0 aliphatic heterocycles. The summed E-state index contributed by atoms with van der Waals surface area (Å²) in [4.78, 5) is 4.70. The zero-order chi connectivity index (χ0) is 19.9. The lowest BCUT2D eigenvalue weighted by molar-refractivity contribution is 0.325. The molecule has 0 aliphatic carbocycles. The Morgan fingerprint density at radius 1 is 1.11 bits per heavy atom. The molecule has 1 aromatic heterocycles. The van der Waals surface area contributed by atoms with Crippen LogP contribution in [0.15, 0.2) is 47.5 Å². The van der Waals surface area contributed by atoms with Gasteiger partial charge in [0.05, 0.1) is 18.8 Å². The van der Waals surface area contributed by atoms with Crippen molar-refractivity contribution in [3.63, 3.8) is 0 Å². The van der Waals surface area contributed by atoms with E-state index in [1.165, 1.54) is 10.9 Å². The van der Waals surface area contributed by atoms with E-state index in [9.17, 15) is 0 Å². The van der Waals surface area contributed by atoms with E-state index in [0.717, 1.165) is 35.0 Å². The summed E-state index contributed by atoms with van der Waals surface area (Å²) in [6.07, 6.45) is 0. The first-order valence-electron chi connectivity index (χ1n) is 9.72. The van der Waals surface area contributed by atoms with Crippen molar-refractivity contribution >= 4 is 16.7 Å². The van der Waals surface area contributed by atoms with Crippen LogP contribution in [0, 0.1) is 13.8 Å². The number of hydrogen-bond acceptors (Lipinski definition) is 3. The van der Waals surface area contributed by atoms with Crippen LogP contribution >= 0.6 is 0 Å². The van der Waals surface area contributed by atoms with Gasteiger partial charge in [-0.3, -0.25) is 4.68 Å². The van der Waals surface area contributed by atoms with E-state index >= 15 is 0 Å². The van der Waals surface area contributed by atoms with Gasteiger partial charge in [-0.15, -0.1) is 0 Å². The number of fused-ring (bicyclic) bond motifs is 1. The van der Waals surface area contributed by atoms with Crippen LogP contribution in [0.2, 0.25) is 0 Å². The molecular weight excluding hydrogens is 350 g/mol. The van der Waals surface area contributed by atoms with Crippen molar-refractivity contribution in [3.05, 3.63) is 59.4 Å². The second-order valence-corrected chi connectivity index (χ2v) is 6.72. The Kier molecular flexibility index (Phi) is 6.53. The number of hydrogen-bond donors (Lipinski definition) is 2. The van der Waals surface area contributed by atoms with Crippen molar-refractivity contribution < 1.29 is 4.74 Å². The van der Waals surface area contributed by atoms with Crippen LogP contribution in [0.25, 0.3) is 10.8 Å². The summed E-state index contributed by atoms with van der Waals surface area (Å²) in [5, 5.41) is 13.4. The molecule has 2 N–H and O–H groups in total.